The largest absolute Gasteiger partial charge is 0.494 e. The zero-order valence-electron chi connectivity index (χ0n) is 17.9. The molecule has 33 heavy (non-hydrogen) atoms. The molecular formula is C25H20FN5O2. The van der Waals surface area contributed by atoms with Crippen molar-refractivity contribution in [2.45, 2.75) is 18.9 Å². The maximum Gasteiger partial charge on any atom is 0.266 e. The summed E-state index contributed by atoms with van der Waals surface area (Å²) in [5.74, 6) is 0.0188. The molecule has 1 aliphatic rings. The quantitative estimate of drug-likeness (QED) is 0.517. The van der Waals surface area contributed by atoms with Crippen LogP contribution in [0.1, 0.15) is 30.3 Å². The molecule has 0 aliphatic carbocycles. The number of nitrogens with one attached hydrogen (secondary N) is 1. The molecule has 1 N–H and O–H groups in total. The molecular weight excluding hydrogens is 421 g/mol. The smallest absolute Gasteiger partial charge is 0.266 e. The summed E-state index contributed by atoms with van der Waals surface area (Å²) >= 11 is 0. The van der Waals surface area contributed by atoms with Gasteiger partial charge in [-0.05, 0) is 49.7 Å². The Morgan fingerprint density at radius 3 is 2.82 bits per heavy atom. The number of halogens is 1. The van der Waals surface area contributed by atoms with Crippen molar-refractivity contribution in [2.24, 2.45) is 0 Å². The molecule has 3 heterocycles. The number of fused-ring (bicyclic) bond motifs is 1. The van der Waals surface area contributed by atoms with Gasteiger partial charge in [-0.2, -0.15) is 5.26 Å². The third-order valence-electron chi connectivity index (χ3n) is 5.87. The molecule has 7 nitrogen and oxygen atoms in total. The molecule has 1 fully saturated rings. The summed E-state index contributed by atoms with van der Waals surface area (Å²) in [5.41, 5.74) is 2.21. The average molecular weight is 441 g/mol. The van der Waals surface area contributed by atoms with Gasteiger partial charge >= 0.3 is 0 Å². The third kappa shape index (κ3) is 3.62. The van der Waals surface area contributed by atoms with Gasteiger partial charge in [-0.25, -0.2) is 9.37 Å². The maximum absolute atomic E-state index is 14.6. The predicted octanol–water partition coefficient (Wildman–Crippen LogP) is 3.89. The summed E-state index contributed by atoms with van der Waals surface area (Å²) in [6, 6.07) is 13.3. The maximum atomic E-state index is 14.6. The second kappa shape index (κ2) is 8.45. The van der Waals surface area contributed by atoms with E-state index >= 15 is 0 Å². The Bertz CT molecular complexity index is 1450. The molecule has 0 saturated carbocycles. The van der Waals surface area contributed by atoms with Gasteiger partial charge in [0.2, 0.25) is 0 Å². The number of methoxy groups -OCH3 is 1. The van der Waals surface area contributed by atoms with Crippen LogP contribution in [-0.2, 0) is 0 Å². The highest BCUT2D eigenvalue weighted by atomic mass is 19.1. The normalized spacial score (nSPS) is 15.5. The van der Waals surface area contributed by atoms with Gasteiger partial charge in [-0.15, -0.1) is 0 Å². The van der Waals surface area contributed by atoms with Gasteiger partial charge in [0.25, 0.3) is 5.56 Å². The van der Waals surface area contributed by atoms with Crippen LogP contribution in [0.4, 0.5) is 4.39 Å². The molecule has 1 aliphatic heterocycles. The molecule has 0 radical (unpaired) electrons. The van der Waals surface area contributed by atoms with E-state index in [1.807, 2.05) is 6.07 Å². The number of nitriles is 1. The summed E-state index contributed by atoms with van der Waals surface area (Å²) in [5, 5.41) is 13.3. The van der Waals surface area contributed by atoms with E-state index < -0.39 is 5.82 Å². The Labute approximate surface area is 189 Å². The van der Waals surface area contributed by atoms with Crippen molar-refractivity contribution >= 4 is 10.9 Å². The van der Waals surface area contributed by atoms with Crippen LogP contribution in [-0.4, -0.2) is 28.2 Å². The highest BCUT2D eigenvalue weighted by Gasteiger charge is 2.25. The second-order valence-corrected chi connectivity index (χ2v) is 7.85. The predicted molar refractivity (Wildman–Crippen MR) is 122 cm³/mol. The van der Waals surface area contributed by atoms with Gasteiger partial charge < -0.3 is 10.1 Å². The highest BCUT2D eigenvalue weighted by Crippen LogP contribution is 2.31. The van der Waals surface area contributed by atoms with Crippen LogP contribution in [0, 0.1) is 17.1 Å². The fourth-order valence-electron chi connectivity index (χ4n) is 4.30. The Hall–Kier alpha value is -4.09. The SMILES string of the molecule is COc1ccc(-n2c([C@H]3CCCN3)nc3c(-c4cccnc4)cc(C#N)cc3c2=O)cc1F. The van der Waals surface area contributed by atoms with Crippen LogP contribution in [0.25, 0.3) is 27.7 Å². The number of hydrogen-bond acceptors (Lipinski definition) is 6. The second-order valence-electron chi connectivity index (χ2n) is 7.85. The van der Waals surface area contributed by atoms with Gasteiger partial charge in [0.05, 0.1) is 41.4 Å². The Morgan fingerprint density at radius 1 is 1.27 bits per heavy atom. The number of aromatic nitrogens is 3. The van der Waals surface area contributed by atoms with Crippen LogP contribution in [0.15, 0.2) is 59.7 Å². The van der Waals surface area contributed by atoms with Crippen molar-refractivity contribution in [3.63, 3.8) is 0 Å². The molecule has 2 aromatic carbocycles. The first-order valence-electron chi connectivity index (χ1n) is 10.6. The molecule has 0 amide bonds. The van der Waals surface area contributed by atoms with E-state index in [2.05, 4.69) is 16.4 Å². The molecule has 8 heteroatoms. The Kier molecular flexibility index (Phi) is 5.32. The van der Waals surface area contributed by atoms with Crippen LogP contribution in [0.5, 0.6) is 5.75 Å². The lowest BCUT2D eigenvalue weighted by atomic mass is 10.0. The average Bonchev–Trinajstić information content (AvgIpc) is 3.39. The van der Waals surface area contributed by atoms with E-state index in [0.717, 1.165) is 24.9 Å². The third-order valence-corrected chi connectivity index (χ3v) is 5.87. The summed E-state index contributed by atoms with van der Waals surface area (Å²) in [6.07, 6.45) is 5.08. The van der Waals surface area contributed by atoms with Gasteiger partial charge in [-0.3, -0.25) is 14.3 Å². The van der Waals surface area contributed by atoms with Gasteiger partial charge in [-0.1, -0.05) is 6.07 Å². The van der Waals surface area contributed by atoms with Crippen molar-refractivity contribution in [2.75, 3.05) is 13.7 Å². The molecule has 1 atom stereocenters. The number of hydrogen-bond donors (Lipinski definition) is 1. The first-order valence-corrected chi connectivity index (χ1v) is 10.6. The fraction of sp³-hybridized carbons (Fsp3) is 0.200. The Morgan fingerprint density at radius 2 is 2.15 bits per heavy atom. The fourth-order valence-corrected chi connectivity index (χ4v) is 4.30. The van der Waals surface area contributed by atoms with Crippen LogP contribution in [0.2, 0.25) is 0 Å². The van der Waals surface area contributed by atoms with Crippen LogP contribution in [0.3, 0.4) is 0 Å². The lowest BCUT2D eigenvalue weighted by Gasteiger charge is -2.20. The van der Waals surface area contributed by atoms with Crippen molar-refractivity contribution < 1.29 is 9.13 Å². The monoisotopic (exact) mass is 441 g/mol. The standard InChI is InChI=1S/C25H20FN5O2/c1-33-22-7-6-17(12-20(22)26)31-24(21-5-3-9-29-21)30-23-18(16-4-2-8-28-14-16)10-15(13-27)11-19(23)25(31)32/h2,4,6-8,10-12,14,21,29H,3,5,9H2,1H3/t21-/m1/s1. The molecule has 2 aromatic heterocycles. The van der Waals surface area contributed by atoms with Gasteiger partial charge in [0.15, 0.2) is 11.6 Å². The molecule has 0 spiro atoms. The van der Waals surface area contributed by atoms with Crippen LogP contribution >= 0.6 is 0 Å². The minimum atomic E-state index is -0.575. The van der Waals surface area contributed by atoms with E-state index in [4.69, 9.17) is 9.72 Å². The lowest BCUT2D eigenvalue weighted by Crippen LogP contribution is -2.29. The van der Waals surface area contributed by atoms with E-state index in [1.54, 1.807) is 30.6 Å². The molecule has 4 aromatic rings. The Balaban J connectivity index is 1.86. The molecule has 5 rings (SSSR count). The van der Waals surface area contributed by atoms with Crippen molar-refractivity contribution in [3.05, 3.63) is 82.4 Å². The van der Waals surface area contributed by atoms with E-state index in [9.17, 15) is 14.4 Å². The number of rotatable bonds is 4. The highest BCUT2D eigenvalue weighted by molar-refractivity contribution is 5.94. The van der Waals surface area contributed by atoms with E-state index in [0.29, 0.717) is 28.2 Å². The molecule has 0 bridgehead atoms. The summed E-state index contributed by atoms with van der Waals surface area (Å²) in [6.45, 7) is 0.804. The molecule has 0 unspecified atom stereocenters. The first-order chi connectivity index (χ1) is 16.1. The number of benzene rings is 2. The van der Waals surface area contributed by atoms with E-state index in [1.165, 1.54) is 29.9 Å². The van der Waals surface area contributed by atoms with Crippen molar-refractivity contribution in [3.8, 4) is 28.6 Å². The van der Waals surface area contributed by atoms with Crippen molar-refractivity contribution in [1.82, 2.24) is 19.9 Å². The lowest BCUT2D eigenvalue weighted by molar-refractivity contribution is 0.386. The summed E-state index contributed by atoms with van der Waals surface area (Å²) in [7, 11) is 1.39. The summed E-state index contributed by atoms with van der Waals surface area (Å²) < 4.78 is 21.0. The molecule has 164 valence electrons. The zero-order chi connectivity index (χ0) is 22.9. The minimum absolute atomic E-state index is 0.0896. The van der Waals surface area contributed by atoms with Crippen molar-refractivity contribution in [1.29, 1.82) is 5.26 Å². The zero-order valence-corrected chi connectivity index (χ0v) is 17.9. The number of nitrogens with zero attached hydrogens (tertiary/aromatic N) is 4. The topological polar surface area (TPSA) is 92.8 Å². The summed E-state index contributed by atoms with van der Waals surface area (Å²) in [4.78, 5) is 22.9. The minimum Gasteiger partial charge on any atom is -0.494 e. The van der Waals surface area contributed by atoms with Gasteiger partial charge in [0, 0.05) is 29.6 Å². The van der Waals surface area contributed by atoms with Crippen LogP contribution < -0.4 is 15.6 Å². The first kappa shape index (κ1) is 20.8. The van der Waals surface area contributed by atoms with Gasteiger partial charge in [0.1, 0.15) is 5.82 Å². The number of ether oxygens (including phenoxy) is 1. The number of pyridine rings is 1. The van der Waals surface area contributed by atoms with E-state index in [-0.39, 0.29) is 22.7 Å². The molecule has 1 saturated heterocycles.